The first-order valence-corrected chi connectivity index (χ1v) is 4.88. The summed E-state index contributed by atoms with van der Waals surface area (Å²) in [5.41, 5.74) is 0.747. The van der Waals surface area contributed by atoms with Crippen LogP contribution < -0.4 is 5.56 Å². The van der Waals surface area contributed by atoms with Crippen LogP contribution in [0.15, 0.2) is 35.4 Å². The van der Waals surface area contributed by atoms with E-state index in [0.717, 1.165) is 5.56 Å². The summed E-state index contributed by atoms with van der Waals surface area (Å²) in [6.07, 6.45) is 3.20. The van der Waals surface area contributed by atoms with Gasteiger partial charge in [0.2, 0.25) is 0 Å². The predicted molar refractivity (Wildman–Crippen MR) is 61.7 cm³/mol. The molecular formula is C11H9N3O3. The van der Waals surface area contributed by atoms with Gasteiger partial charge in [-0.2, -0.15) is 0 Å². The third kappa shape index (κ3) is 2.05. The molecule has 0 atom stereocenters. The fraction of sp³-hybridized carbons (Fsp3) is 0.0909. The highest BCUT2D eigenvalue weighted by Crippen LogP contribution is 2.22. The van der Waals surface area contributed by atoms with Crippen LogP contribution >= 0.6 is 0 Å². The van der Waals surface area contributed by atoms with E-state index >= 15 is 0 Å². The average Bonchev–Trinajstić information content (AvgIpc) is 2.29. The molecule has 17 heavy (non-hydrogen) atoms. The number of nitrogens with one attached hydrogen (secondary N) is 1. The number of aryl methyl sites for hydroxylation is 1. The van der Waals surface area contributed by atoms with Crippen LogP contribution in [0.1, 0.15) is 5.69 Å². The van der Waals surface area contributed by atoms with Crippen LogP contribution in [-0.4, -0.2) is 14.9 Å². The van der Waals surface area contributed by atoms with Gasteiger partial charge in [-0.15, -0.1) is 0 Å². The van der Waals surface area contributed by atoms with Gasteiger partial charge in [0, 0.05) is 35.3 Å². The Labute approximate surface area is 96.1 Å². The SMILES string of the molecule is Cc1[nH]c(=O)c([N+](=O)[O-])cc1-c1cccnc1. The van der Waals surface area contributed by atoms with Crippen molar-refractivity contribution < 1.29 is 4.92 Å². The summed E-state index contributed by atoms with van der Waals surface area (Å²) in [6.45, 7) is 1.69. The average molecular weight is 231 g/mol. The van der Waals surface area contributed by atoms with Crippen molar-refractivity contribution in [2.24, 2.45) is 0 Å². The summed E-state index contributed by atoms with van der Waals surface area (Å²) in [6, 6.07) is 4.77. The van der Waals surface area contributed by atoms with Gasteiger partial charge in [0.25, 0.3) is 0 Å². The number of pyridine rings is 2. The summed E-state index contributed by atoms with van der Waals surface area (Å²) in [5, 5.41) is 10.7. The zero-order valence-electron chi connectivity index (χ0n) is 9.01. The first-order chi connectivity index (χ1) is 8.09. The zero-order chi connectivity index (χ0) is 12.4. The number of rotatable bonds is 2. The fourth-order valence-electron chi connectivity index (χ4n) is 1.57. The molecule has 0 bridgehead atoms. The zero-order valence-corrected chi connectivity index (χ0v) is 9.01. The summed E-state index contributed by atoms with van der Waals surface area (Å²) in [4.78, 5) is 27.7. The van der Waals surface area contributed by atoms with E-state index in [2.05, 4.69) is 9.97 Å². The van der Waals surface area contributed by atoms with Crippen molar-refractivity contribution in [1.82, 2.24) is 9.97 Å². The van der Waals surface area contributed by atoms with Crippen molar-refractivity contribution >= 4 is 5.69 Å². The highest BCUT2D eigenvalue weighted by Gasteiger charge is 2.15. The highest BCUT2D eigenvalue weighted by molar-refractivity contribution is 5.66. The predicted octanol–water partition coefficient (Wildman–Crippen LogP) is 1.65. The van der Waals surface area contributed by atoms with E-state index in [4.69, 9.17) is 0 Å². The molecule has 0 aromatic carbocycles. The van der Waals surface area contributed by atoms with E-state index in [1.807, 2.05) is 0 Å². The number of aromatic amines is 1. The van der Waals surface area contributed by atoms with Crippen LogP contribution in [0.3, 0.4) is 0 Å². The van der Waals surface area contributed by atoms with Crippen molar-refractivity contribution in [3.63, 3.8) is 0 Å². The molecule has 2 rings (SSSR count). The van der Waals surface area contributed by atoms with Crippen molar-refractivity contribution in [2.75, 3.05) is 0 Å². The Morgan fingerprint density at radius 2 is 2.24 bits per heavy atom. The van der Waals surface area contributed by atoms with Crippen molar-refractivity contribution in [1.29, 1.82) is 0 Å². The third-order valence-electron chi connectivity index (χ3n) is 2.39. The molecule has 0 aliphatic heterocycles. The lowest BCUT2D eigenvalue weighted by atomic mass is 10.1. The van der Waals surface area contributed by atoms with Gasteiger partial charge in [0.1, 0.15) is 0 Å². The quantitative estimate of drug-likeness (QED) is 0.628. The van der Waals surface area contributed by atoms with Crippen LogP contribution in [0.4, 0.5) is 5.69 Å². The van der Waals surface area contributed by atoms with Gasteiger partial charge >= 0.3 is 11.2 Å². The second-order valence-corrected chi connectivity index (χ2v) is 3.52. The maximum Gasteiger partial charge on any atom is 0.334 e. The summed E-state index contributed by atoms with van der Waals surface area (Å²) >= 11 is 0. The van der Waals surface area contributed by atoms with E-state index in [1.165, 1.54) is 6.07 Å². The molecule has 0 saturated carbocycles. The number of hydrogen-bond donors (Lipinski definition) is 1. The molecule has 0 fully saturated rings. The number of nitro groups is 1. The van der Waals surface area contributed by atoms with E-state index in [9.17, 15) is 14.9 Å². The maximum atomic E-state index is 11.4. The number of hydrogen-bond acceptors (Lipinski definition) is 4. The summed E-state index contributed by atoms with van der Waals surface area (Å²) in [5.74, 6) is 0. The minimum Gasteiger partial charge on any atom is -0.320 e. The molecule has 6 heteroatoms. The highest BCUT2D eigenvalue weighted by atomic mass is 16.6. The molecule has 0 aliphatic rings. The fourth-order valence-corrected chi connectivity index (χ4v) is 1.57. The van der Waals surface area contributed by atoms with E-state index in [1.54, 1.807) is 31.5 Å². The number of aromatic nitrogens is 2. The van der Waals surface area contributed by atoms with Gasteiger partial charge in [0.05, 0.1) is 4.92 Å². The minimum atomic E-state index is -0.696. The van der Waals surface area contributed by atoms with Gasteiger partial charge in [-0.1, -0.05) is 6.07 Å². The van der Waals surface area contributed by atoms with Crippen LogP contribution in [0.25, 0.3) is 11.1 Å². The van der Waals surface area contributed by atoms with Crippen molar-refractivity contribution in [3.8, 4) is 11.1 Å². The van der Waals surface area contributed by atoms with Gasteiger partial charge in [-0.3, -0.25) is 19.9 Å². The molecule has 0 amide bonds. The molecule has 0 aliphatic carbocycles. The molecule has 2 heterocycles. The van der Waals surface area contributed by atoms with E-state index < -0.39 is 16.2 Å². The van der Waals surface area contributed by atoms with Crippen LogP contribution in [0, 0.1) is 17.0 Å². The largest absolute Gasteiger partial charge is 0.334 e. The van der Waals surface area contributed by atoms with Crippen molar-refractivity contribution in [3.05, 3.63) is 56.8 Å². The lowest BCUT2D eigenvalue weighted by Crippen LogP contribution is -2.13. The van der Waals surface area contributed by atoms with Crippen LogP contribution in [0.5, 0.6) is 0 Å². The van der Waals surface area contributed by atoms with Gasteiger partial charge in [0.15, 0.2) is 0 Å². The summed E-state index contributed by atoms with van der Waals surface area (Å²) in [7, 11) is 0. The third-order valence-corrected chi connectivity index (χ3v) is 2.39. The lowest BCUT2D eigenvalue weighted by molar-refractivity contribution is -0.386. The van der Waals surface area contributed by atoms with Gasteiger partial charge in [-0.05, 0) is 13.0 Å². The Kier molecular flexibility index (Phi) is 2.70. The van der Waals surface area contributed by atoms with E-state index in [-0.39, 0.29) is 0 Å². The number of H-pyrrole nitrogens is 1. The molecule has 0 unspecified atom stereocenters. The Morgan fingerprint density at radius 3 is 2.82 bits per heavy atom. The molecule has 1 N–H and O–H groups in total. The van der Waals surface area contributed by atoms with Gasteiger partial charge < -0.3 is 4.98 Å². The lowest BCUT2D eigenvalue weighted by Gasteiger charge is -2.04. The smallest absolute Gasteiger partial charge is 0.320 e. The maximum absolute atomic E-state index is 11.4. The normalized spacial score (nSPS) is 10.2. The molecule has 0 spiro atoms. The Hall–Kier alpha value is -2.50. The molecule has 6 nitrogen and oxygen atoms in total. The first kappa shape index (κ1) is 11.0. The monoisotopic (exact) mass is 231 g/mol. The molecule has 2 aromatic rings. The topological polar surface area (TPSA) is 88.9 Å². The van der Waals surface area contributed by atoms with Crippen LogP contribution in [-0.2, 0) is 0 Å². The molecule has 0 radical (unpaired) electrons. The first-order valence-electron chi connectivity index (χ1n) is 4.88. The molecular weight excluding hydrogens is 222 g/mol. The molecule has 0 saturated heterocycles. The van der Waals surface area contributed by atoms with Gasteiger partial charge in [-0.25, -0.2) is 0 Å². The second kappa shape index (κ2) is 4.17. The minimum absolute atomic E-state index is 0.463. The van der Waals surface area contributed by atoms with E-state index in [0.29, 0.717) is 11.3 Å². The Bertz CT molecular complexity index is 620. The Morgan fingerprint density at radius 1 is 1.47 bits per heavy atom. The standard InChI is InChI=1S/C11H9N3O3/c1-7-9(8-3-2-4-12-6-8)5-10(14(16)17)11(15)13-7/h2-6H,1H3,(H,13,15). The molecule has 86 valence electrons. The molecule has 2 aromatic heterocycles. The summed E-state index contributed by atoms with van der Waals surface area (Å²) < 4.78 is 0. The van der Waals surface area contributed by atoms with Crippen molar-refractivity contribution in [2.45, 2.75) is 6.92 Å². The number of nitrogens with zero attached hydrogens (tertiary/aromatic N) is 2. The second-order valence-electron chi connectivity index (χ2n) is 3.52. The van der Waals surface area contributed by atoms with Crippen LogP contribution in [0.2, 0.25) is 0 Å². The Balaban J connectivity index is 2.67.